The summed E-state index contributed by atoms with van der Waals surface area (Å²) in [6, 6.07) is 11.8. The number of carbonyl (C=O) groups excluding carboxylic acids is 1. The summed E-state index contributed by atoms with van der Waals surface area (Å²) in [6.07, 6.45) is 0. The Hall–Kier alpha value is -2.47. The molecule has 1 amide bonds. The summed E-state index contributed by atoms with van der Waals surface area (Å²) in [6.45, 7) is 1.92. The number of hydrogen-bond acceptors (Lipinski definition) is 7. The molecule has 0 aliphatic rings. The molecule has 0 saturated heterocycles. The predicted octanol–water partition coefficient (Wildman–Crippen LogP) is 4.29. The highest BCUT2D eigenvalue weighted by molar-refractivity contribution is 14.1. The van der Waals surface area contributed by atoms with Crippen LogP contribution in [0.2, 0.25) is 0 Å². The molecule has 0 bridgehead atoms. The number of amides is 1. The van der Waals surface area contributed by atoms with Crippen molar-refractivity contribution in [2.45, 2.75) is 12.1 Å². The summed E-state index contributed by atoms with van der Waals surface area (Å²) < 4.78 is 6.54. The van der Waals surface area contributed by atoms with Gasteiger partial charge in [0.05, 0.1) is 10.7 Å². The molecule has 0 radical (unpaired) electrons. The van der Waals surface area contributed by atoms with E-state index in [4.69, 9.17) is 4.42 Å². The van der Waals surface area contributed by atoms with Gasteiger partial charge in [0, 0.05) is 15.3 Å². The zero-order valence-corrected chi connectivity index (χ0v) is 17.0. The fourth-order valence-electron chi connectivity index (χ4n) is 2.27. The van der Waals surface area contributed by atoms with E-state index >= 15 is 0 Å². The summed E-state index contributed by atoms with van der Waals surface area (Å²) in [7, 11) is 0. The summed E-state index contributed by atoms with van der Waals surface area (Å²) >= 11 is 3.27. The average Bonchev–Trinajstić information content (AvgIpc) is 3.11. The van der Waals surface area contributed by atoms with E-state index in [1.54, 1.807) is 12.1 Å². The van der Waals surface area contributed by atoms with Crippen LogP contribution in [0.5, 0.6) is 0 Å². The van der Waals surface area contributed by atoms with Crippen molar-refractivity contribution in [3.63, 3.8) is 0 Å². The molecule has 1 aromatic heterocycles. The van der Waals surface area contributed by atoms with Crippen LogP contribution in [0.1, 0.15) is 5.56 Å². The minimum Gasteiger partial charge on any atom is -0.411 e. The highest BCUT2D eigenvalue weighted by Crippen LogP contribution is 2.30. The van der Waals surface area contributed by atoms with Gasteiger partial charge < -0.3 is 9.73 Å². The first kappa shape index (κ1) is 19.3. The lowest BCUT2D eigenvalue weighted by atomic mass is 10.2. The van der Waals surface area contributed by atoms with Gasteiger partial charge in [0.25, 0.3) is 16.8 Å². The van der Waals surface area contributed by atoms with Crippen molar-refractivity contribution in [2.75, 3.05) is 11.1 Å². The Balaban J connectivity index is 1.65. The number of benzene rings is 2. The molecular weight excluding hydrogens is 483 g/mol. The number of nitro benzene ring substituents is 1. The molecule has 0 fully saturated rings. The first-order valence-corrected chi connectivity index (χ1v) is 9.76. The molecule has 0 aliphatic heterocycles. The molecule has 0 unspecified atom stereocenters. The van der Waals surface area contributed by atoms with E-state index in [9.17, 15) is 14.9 Å². The van der Waals surface area contributed by atoms with Gasteiger partial charge in [-0.1, -0.05) is 23.9 Å². The van der Waals surface area contributed by atoms with E-state index in [1.807, 2.05) is 25.1 Å². The maximum absolute atomic E-state index is 12.1. The Morgan fingerprint density at radius 3 is 2.81 bits per heavy atom. The highest BCUT2D eigenvalue weighted by atomic mass is 127. The Kier molecular flexibility index (Phi) is 6.06. The van der Waals surface area contributed by atoms with E-state index in [0.717, 1.165) is 26.6 Å². The average molecular weight is 496 g/mol. The van der Waals surface area contributed by atoms with Gasteiger partial charge >= 0.3 is 0 Å². The summed E-state index contributed by atoms with van der Waals surface area (Å²) in [5, 5.41) is 21.8. The molecule has 3 aromatic rings. The topological polar surface area (TPSA) is 111 Å². The van der Waals surface area contributed by atoms with Crippen molar-refractivity contribution in [1.29, 1.82) is 0 Å². The number of halogens is 1. The Morgan fingerprint density at radius 1 is 1.30 bits per heavy atom. The van der Waals surface area contributed by atoms with Crippen molar-refractivity contribution in [3.8, 4) is 11.5 Å². The maximum Gasteiger partial charge on any atom is 0.282 e. The molecular formula is C17H13IN4O4S. The number of para-hydroxylation sites is 1. The summed E-state index contributed by atoms with van der Waals surface area (Å²) in [5.41, 5.74) is 1.83. The number of nitro groups is 1. The molecule has 1 N–H and O–H groups in total. The molecule has 0 atom stereocenters. The number of thioether (sulfide) groups is 1. The molecule has 0 spiro atoms. The van der Waals surface area contributed by atoms with Crippen molar-refractivity contribution in [3.05, 3.63) is 61.7 Å². The van der Waals surface area contributed by atoms with Crippen LogP contribution < -0.4 is 5.32 Å². The highest BCUT2D eigenvalue weighted by Gasteiger charge is 2.20. The van der Waals surface area contributed by atoms with E-state index in [1.165, 1.54) is 12.1 Å². The summed E-state index contributed by atoms with van der Waals surface area (Å²) in [5.74, 6) is -0.0994. The first-order chi connectivity index (χ1) is 12.9. The molecule has 3 rings (SSSR count). The monoisotopic (exact) mass is 496 g/mol. The number of nitrogens with one attached hydrogen (secondary N) is 1. The second-order valence-electron chi connectivity index (χ2n) is 5.44. The van der Waals surface area contributed by atoms with E-state index in [0.29, 0.717) is 0 Å². The largest absolute Gasteiger partial charge is 0.411 e. The number of carbonyl (C=O) groups is 1. The molecule has 10 heteroatoms. The minimum absolute atomic E-state index is 0.0405. The lowest BCUT2D eigenvalue weighted by Gasteiger charge is -2.07. The van der Waals surface area contributed by atoms with Gasteiger partial charge in [-0.25, -0.2) is 0 Å². The normalized spacial score (nSPS) is 10.6. The smallest absolute Gasteiger partial charge is 0.282 e. The summed E-state index contributed by atoms with van der Waals surface area (Å²) in [4.78, 5) is 22.7. The van der Waals surface area contributed by atoms with Crippen molar-refractivity contribution < 1.29 is 14.1 Å². The number of anilines is 1. The van der Waals surface area contributed by atoms with Crippen LogP contribution in [-0.2, 0) is 4.79 Å². The standard InChI is InChI=1S/C17H13IN4O4S/c1-10-8-11(18)6-7-13(10)19-15(23)9-27-17-21-20-16(26-17)12-4-2-3-5-14(12)22(24)25/h2-8H,9H2,1H3,(H,19,23). The maximum atomic E-state index is 12.1. The van der Waals surface area contributed by atoms with Crippen LogP contribution in [0.4, 0.5) is 11.4 Å². The molecule has 0 saturated carbocycles. The third-order valence-corrected chi connectivity index (χ3v) is 5.02. The van der Waals surface area contributed by atoms with Crippen LogP contribution in [-0.4, -0.2) is 26.8 Å². The Labute approximate surface area is 172 Å². The third-order valence-electron chi connectivity index (χ3n) is 3.53. The van der Waals surface area contributed by atoms with Crippen LogP contribution in [0, 0.1) is 20.6 Å². The van der Waals surface area contributed by atoms with Crippen LogP contribution in [0.25, 0.3) is 11.5 Å². The van der Waals surface area contributed by atoms with Gasteiger partial charge in [-0.2, -0.15) is 0 Å². The van der Waals surface area contributed by atoms with Gasteiger partial charge in [-0.15, -0.1) is 10.2 Å². The van der Waals surface area contributed by atoms with Crippen LogP contribution in [0.3, 0.4) is 0 Å². The van der Waals surface area contributed by atoms with Gasteiger partial charge in [-0.3, -0.25) is 14.9 Å². The van der Waals surface area contributed by atoms with Gasteiger partial charge in [0.1, 0.15) is 5.56 Å². The van der Waals surface area contributed by atoms with Gasteiger partial charge in [-0.05, 0) is 59.3 Å². The van der Waals surface area contributed by atoms with E-state index in [-0.39, 0.29) is 34.0 Å². The fraction of sp³-hybridized carbons (Fsp3) is 0.118. The fourth-order valence-corrected chi connectivity index (χ4v) is 3.48. The van der Waals surface area contributed by atoms with E-state index < -0.39 is 4.92 Å². The lowest BCUT2D eigenvalue weighted by Crippen LogP contribution is -2.14. The molecule has 0 aliphatic carbocycles. The SMILES string of the molecule is Cc1cc(I)ccc1NC(=O)CSc1nnc(-c2ccccc2[N+](=O)[O-])o1. The van der Waals surface area contributed by atoms with E-state index in [2.05, 4.69) is 38.1 Å². The number of hydrogen-bond donors (Lipinski definition) is 1. The predicted molar refractivity (Wildman–Crippen MR) is 110 cm³/mol. The van der Waals surface area contributed by atoms with Crippen LogP contribution >= 0.6 is 34.4 Å². The quantitative estimate of drug-likeness (QED) is 0.235. The minimum atomic E-state index is -0.511. The van der Waals surface area contributed by atoms with Crippen LogP contribution in [0.15, 0.2) is 52.1 Å². The number of aromatic nitrogens is 2. The first-order valence-electron chi connectivity index (χ1n) is 7.70. The lowest BCUT2D eigenvalue weighted by molar-refractivity contribution is -0.384. The molecule has 8 nitrogen and oxygen atoms in total. The Morgan fingerprint density at radius 2 is 2.07 bits per heavy atom. The molecule has 1 heterocycles. The molecule has 2 aromatic carbocycles. The van der Waals surface area contributed by atoms with Crippen molar-refractivity contribution >= 4 is 51.6 Å². The zero-order chi connectivity index (χ0) is 19.4. The Bertz CT molecular complexity index is 1010. The second kappa shape index (κ2) is 8.48. The molecule has 27 heavy (non-hydrogen) atoms. The molecule has 138 valence electrons. The number of nitrogens with zero attached hydrogens (tertiary/aromatic N) is 3. The van der Waals surface area contributed by atoms with Gasteiger partial charge in [0.2, 0.25) is 5.91 Å². The zero-order valence-electron chi connectivity index (χ0n) is 14.0. The second-order valence-corrected chi connectivity index (χ2v) is 7.62. The third kappa shape index (κ3) is 4.83. The van der Waals surface area contributed by atoms with Crippen molar-refractivity contribution in [2.24, 2.45) is 0 Å². The van der Waals surface area contributed by atoms with Crippen molar-refractivity contribution in [1.82, 2.24) is 10.2 Å². The number of rotatable bonds is 6. The number of aryl methyl sites for hydroxylation is 1. The van der Waals surface area contributed by atoms with Gasteiger partial charge in [0.15, 0.2) is 0 Å².